The Morgan fingerprint density at radius 2 is 1.87 bits per heavy atom. The third-order valence-electron chi connectivity index (χ3n) is 3.94. The van der Waals surface area contributed by atoms with Crippen LogP contribution in [-0.2, 0) is 0 Å². The van der Waals surface area contributed by atoms with E-state index < -0.39 is 0 Å². The van der Waals surface area contributed by atoms with Crippen molar-refractivity contribution in [3.63, 3.8) is 0 Å². The van der Waals surface area contributed by atoms with Crippen LogP contribution in [0.25, 0.3) is 11.0 Å². The molecule has 0 fully saturated rings. The number of ether oxygens (including phenoxy) is 1. The van der Waals surface area contributed by atoms with Crippen LogP contribution < -0.4 is 10.1 Å². The highest BCUT2D eigenvalue weighted by Crippen LogP contribution is 2.30. The van der Waals surface area contributed by atoms with Gasteiger partial charge in [-0.05, 0) is 56.2 Å². The zero-order valence-electron chi connectivity index (χ0n) is 13.7. The maximum absolute atomic E-state index is 12.8. The first-order valence-corrected chi connectivity index (χ1v) is 7.45. The number of aryl methyl sites for hydroxylation is 3. The van der Waals surface area contributed by atoms with Crippen molar-refractivity contribution < 1.29 is 13.9 Å². The molecule has 4 nitrogen and oxygen atoms in total. The molecule has 0 aliphatic rings. The molecular weight excluding hydrogens is 290 g/mol. The van der Waals surface area contributed by atoms with Crippen LogP contribution in [0.2, 0.25) is 0 Å². The molecule has 3 aromatic rings. The molecule has 1 heterocycles. The molecule has 1 N–H and O–H groups in total. The van der Waals surface area contributed by atoms with Gasteiger partial charge in [0.1, 0.15) is 17.1 Å². The first-order valence-electron chi connectivity index (χ1n) is 7.45. The lowest BCUT2D eigenvalue weighted by atomic mass is 10.1. The molecule has 1 amide bonds. The van der Waals surface area contributed by atoms with Crippen LogP contribution >= 0.6 is 0 Å². The molecule has 0 aliphatic carbocycles. The van der Waals surface area contributed by atoms with Gasteiger partial charge < -0.3 is 14.5 Å². The Balaban J connectivity index is 2.03. The minimum absolute atomic E-state index is 0.178. The van der Waals surface area contributed by atoms with Crippen LogP contribution in [0.4, 0.5) is 5.69 Å². The molecule has 118 valence electrons. The van der Waals surface area contributed by atoms with E-state index in [1.165, 1.54) is 0 Å². The number of hydrogen-bond donors (Lipinski definition) is 1. The average Bonchev–Trinajstić information content (AvgIpc) is 2.85. The highest BCUT2D eigenvalue weighted by atomic mass is 16.5. The molecule has 1 aromatic heterocycles. The molecule has 0 saturated heterocycles. The highest BCUT2D eigenvalue weighted by Gasteiger charge is 2.19. The highest BCUT2D eigenvalue weighted by molar-refractivity contribution is 6.13. The molecule has 0 atom stereocenters. The predicted octanol–water partition coefficient (Wildman–Crippen LogP) is 4.62. The van der Waals surface area contributed by atoms with E-state index in [-0.39, 0.29) is 5.91 Å². The number of fused-ring (bicyclic) bond motifs is 1. The number of carbonyl (C=O) groups excluding carboxylic acids is 1. The second-order valence-electron chi connectivity index (χ2n) is 5.67. The van der Waals surface area contributed by atoms with Crippen molar-refractivity contribution >= 4 is 22.6 Å². The molecule has 4 heteroatoms. The molecule has 0 spiro atoms. The van der Waals surface area contributed by atoms with Crippen LogP contribution in [0, 0.1) is 20.8 Å². The molecule has 23 heavy (non-hydrogen) atoms. The smallest absolute Gasteiger partial charge is 0.259 e. The van der Waals surface area contributed by atoms with Crippen molar-refractivity contribution in [3.05, 3.63) is 58.8 Å². The number of carbonyl (C=O) groups is 1. The summed E-state index contributed by atoms with van der Waals surface area (Å²) < 4.78 is 10.9. The van der Waals surface area contributed by atoms with Gasteiger partial charge in [0.05, 0.1) is 12.7 Å². The van der Waals surface area contributed by atoms with E-state index in [1.54, 1.807) is 14.0 Å². The fourth-order valence-electron chi connectivity index (χ4n) is 2.66. The number of benzene rings is 2. The maximum Gasteiger partial charge on any atom is 0.259 e. The molecule has 0 aliphatic heterocycles. The molecule has 3 rings (SSSR count). The van der Waals surface area contributed by atoms with Gasteiger partial charge in [0.25, 0.3) is 5.91 Å². The van der Waals surface area contributed by atoms with Gasteiger partial charge in [0, 0.05) is 11.1 Å². The second-order valence-corrected chi connectivity index (χ2v) is 5.67. The lowest BCUT2D eigenvalue weighted by Gasteiger charge is -2.09. The van der Waals surface area contributed by atoms with Gasteiger partial charge in [-0.1, -0.05) is 12.1 Å². The van der Waals surface area contributed by atoms with E-state index in [0.717, 1.165) is 22.2 Å². The lowest BCUT2D eigenvalue weighted by molar-refractivity contribution is 0.102. The first-order chi connectivity index (χ1) is 11.0. The number of amides is 1. The molecule has 0 saturated carbocycles. The summed E-state index contributed by atoms with van der Waals surface area (Å²) in [5.41, 5.74) is 4.15. The topological polar surface area (TPSA) is 51.5 Å². The third-order valence-corrected chi connectivity index (χ3v) is 3.94. The minimum atomic E-state index is -0.178. The van der Waals surface area contributed by atoms with Gasteiger partial charge in [-0.3, -0.25) is 4.79 Å². The summed E-state index contributed by atoms with van der Waals surface area (Å²) in [6, 6.07) is 11.4. The summed E-state index contributed by atoms with van der Waals surface area (Å²) in [5, 5.41) is 3.74. The molecule has 2 aromatic carbocycles. The summed E-state index contributed by atoms with van der Waals surface area (Å²) >= 11 is 0. The van der Waals surface area contributed by atoms with Crippen LogP contribution in [0.1, 0.15) is 27.2 Å². The number of hydrogen-bond acceptors (Lipinski definition) is 3. The first kappa shape index (κ1) is 15.2. The van der Waals surface area contributed by atoms with Crippen LogP contribution in [-0.4, -0.2) is 13.0 Å². The summed E-state index contributed by atoms with van der Waals surface area (Å²) in [5.74, 6) is 1.11. The van der Waals surface area contributed by atoms with Gasteiger partial charge in [-0.25, -0.2) is 0 Å². The maximum atomic E-state index is 12.8. The molecule has 0 unspecified atom stereocenters. The van der Waals surface area contributed by atoms with Gasteiger partial charge in [-0.15, -0.1) is 0 Å². The number of furan rings is 1. The van der Waals surface area contributed by atoms with Crippen molar-refractivity contribution in [1.29, 1.82) is 0 Å². The fraction of sp³-hybridized carbons (Fsp3) is 0.211. The normalized spacial score (nSPS) is 10.8. The number of anilines is 1. The summed E-state index contributed by atoms with van der Waals surface area (Å²) in [4.78, 5) is 12.8. The van der Waals surface area contributed by atoms with Crippen molar-refractivity contribution in [3.8, 4) is 5.75 Å². The number of rotatable bonds is 3. The Morgan fingerprint density at radius 1 is 1.09 bits per heavy atom. The molecular formula is C19H19NO3. The predicted molar refractivity (Wildman–Crippen MR) is 91.4 cm³/mol. The third kappa shape index (κ3) is 2.80. The zero-order valence-corrected chi connectivity index (χ0v) is 13.7. The van der Waals surface area contributed by atoms with Crippen LogP contribution in [0.3, 0.4) is 0 Å². The van der Waals surface area contributed by atoms with Gasteiger partial charge in [0.15, 0.2) is 0 Å². The second kappa shape index (κ2) is 5.80. The van der Waals surface area contributed by atoms with E-state index in [1.807, 2.05) is 50.2 Å². The van der Waals surface area contributed by atoms with Crippen molar-refractivity contribution in [2.45, 2.75) is 20.8 Å². The number of nitrogens with one attached hydrogen (secondary N) is 1. The van der Waals surface area contributed by atoms with Gasteiger partial charge in [0.2, 0.25) is 0 Å². The van der Waals surface area contributed by atoms with Gasteiger partial charge in [-0.2, -0.15) is 0 Å². The Hall–Kier alpha value is -2.75. The van der Waals surface area contributed by atoms with Crippen LogP contribution in [0.15, 0.2) is 40.8 Å². The largest absolute Gasteiger partial charge is 0.497 e. The SMILES string of the molecule is COc1ccc2oc(C)c(C(=O)Nc3cc(C)ccc3C)c2c1. The Bertz CT molecular complexity index is 893. The zero-order chi connectivity index (χ0) is 16.6. The van der Waals surface area contributed by atoms with E-state index in [9.17, 15) is 4.79 Å². The number of methoxy groups -OCH3 is 1. The summed E-state index contributed by atoms with van der Waals surface area (Å²) in [7, 11) is 1.60. The Labute approximate surface area is 135 Å². The molecule has 0 radical (unpaired) electrons. The Kier molecular flexibility index (Phi) is 3.82. The summed E-state index contributed by atoms with van der Waals surface area (Å²) in [6.45, 7) is 5.77. The van der Waals surface area contributed by atoms with Crippen molar-refractivity contribution in [1.82, 2.24) is 0 Å². The lowest BCUT2D eigenvalue weighted by Crippen LogP contribution is -2.13. The van der Waals surface area contributed by atoms with E-state index in [0.29, 0.717) is 22.7 Å². The van der Waals surface area contributed by atoms with Crippen LogP contribution in [0.5, 0.6) is 5.75 Å². The average molecular weight is 309 g/mol. The fourth-order valence-corrected chi connectivity index (χ4v) is 2.66. The quantitative estimate of drug-likeness (QED) is 0.768. The summed E-state index contributed by atoms with van der Waals surface area (Å²) in [6.07, 6.45) is 0. The monoisotopic (exact) mass is 309 g/mol. The Morgan fingerprint density at radius 3 is 2.61 bits per heavy atom. The standard InChI is InChI=1S/C19H19NO3/c1-11-5-6-12(2)16(9-11)20-19(21)18-13(3)23-17-8-7-14(22-4)10-15(17)18/h5-10H,1-4H3,(H,20,21). The van der Waals surface area contributed by atoms with E-state index in [2.05, 4.69) is 5.32 Å². The van der Waals surface area contributed by atoms with E-state index in [4.69, 9.17) is 9.15 Å². The minimum Gasteiger partial charge on any atom is -0.497 e. The van der Waals surface area contributed by atoms with E-state index >= 15 is 0 Å². The van der Waals surface area contributed by atoms with Crippen molar-refractivity contribution in [2.24, 2.45) is 0 Å². The van der Waals surface area contributed by atoms with Crippen molar-refractivity contribution in [2.75, 3.05) is 12.4 Å². The van der Waals surface area contributed by atoms with Gasteiger partial charge >= 0.3 is 0 Å². The molecule has 0 bridgehead atoms.